The van der Waals surface area contributed by atoms with Gasteiger partial charge < -0.3 is 9.64 Å². The number of aromatic nitrogens is 2. The fourth-order valence-electron chi connectivity index (χ4n) is 3.30. The summed E-state index contributed by atoms with van der Waals surface area (Å²) in [7, 11) is -1.45. The molecule has 26 heavy (non-hydrogen) atoms. The number of aryl methyl sites for hydroxylation is 1. The fourth-order valence-corrected chi connectivity index (χ4v) is 5.03. The summed E-state index contributed by atoms with van der Waals surface area (Å²) in [6.07, 6.45) is 0.486. The van der Waals surface area contributed by atoms with Crippen LogP contribution in [0.25, 0.3) is 5.69 Å². The van der Waals surface area contributed by atoms with Gasteiger partial charge in [-0.3, -0.25) is 4.79 Å². The zero-order chi connectivity index (χ0) is 18.9. The number of hydrogen-bond acceptors (Lipinski definition) is 5. The standard InChI is InChI=1S/C18H23N3O4S/c1-4-20(15-9-10-26(23,24)12-15)18(22)17-11-13(2)21(19-17)14-5-7-16(25-3)8-6-14/h5-8,11,15H,4,9-10,12H2,1-3H3. The number of ether oxygens (including phenoxy) is 1. The van der Waals surface area contributed by atoms with Crippen molar-refractivity contribution in [3.05, 3.63) is 41.7 Å². The molecule has 1 saturated heterocycles. The highest BCUT2D eigenvalue weighted by Gasteiger charge is 2.35. The van der Waals surface area contributed by atoms with Gasteiger partial charge in [-0.15, -0.1) is 0 Å². The lowest BCUT2D eigenvalue weighted by molar-refractivity contribution is 0.0702. The lowest BCUT2D eigenvalue weighted by Gasteiger charge is -2.25. The highest BCUT2D eigenvalue weighted by molar-refractivity contribution is 7.91. The van der Waals surface area contributed by atoms with E-state index in [1.54, 1.807) is 22.8 Å². The van der Waals surface area contributed by atoms with Gasteiger partial charge in [-0.1, -0.05) is 0 Å². The molecule has 1 aliphatic heterocycles. The van der Waals surface area contributed by atoms with Gasteiger partial charge in [0.05, 0.1) is 24.3 Å². The molecule has 0 N–H and O–H groups in total. The van der Waals surface area contributed by atoms with Gasteiger partial charge in [-0.05, 0) is 50.6 Å². The molecular formula is C18H23N3O4S. The largest absolute Gasteiger partial charge is 0.497 e. The van der Waals surface area contributed by atoms with Gasteiger partial charge >= 0.3 is 0 Å². The van der Waals surface area contributed by atoms with Crippen LogP contribution < -0.4 is 4.74 Å². The Hall–Kier alpha value is -2.35. The molecule has 1 amide bonds. The molecule has 1 aromatic carbocycles. The molecule has 2 heterocycles. The first-order valence-corrected chi connectivity index (χ1v) is 10.4. The van der Waals surface area contributed by atoms with E-state index in [1.165, 1.54) is 0 Å². The molecular weight excluding hydrogens is 354 g/mol. The summed E-state index contributed by atoms with van der Waals surface area (Å²) in [5.41, 5.74) is 1.98. The maximum atomic E-state index is 12.9. The highest BCUT2D eigenvalue weighted by atomic mass is 32.2. The number of nitrogens with zero attached hydrogens (tertiary/aromatic N) is 3. The summed E-state index contributed by atoms with van der Waals surface area (Å²) >= 11 is 0. The van der Waals surface area contributed by atoms with E-state index >= 15 is 0 Å². The number of hydrogen-bond donors (Lipinski definition) is 0. The van der Waals surface area contributed by atoms with Crippen molar-refractivity contribution in [1.82, 2.24) is 14.7 Å². The van der Waals surface area contributed by atoms with Crippen molar-refractivity contribution in [2.24, 2.45) is 0 Å². The van der Waals surface area contributed by atoms with Crippen LogP contribution in [-0.4, -0.2) is 60.2 Å². The maximum absolute atomic E-state index is 12.9. The second-order valence-corrected chi connectivity index (χ2v) is 8.66. The van der Waals surface area contributed by atoms with Crippen molar-refractivity contribution in [2.45, 2.75) is 26.3 Å². The Morgan fingerprint density at radius 3 is 2.58 bits per heavy atom. The topological polar surface area (TPSA) is 81.5 Å². The van der Waals surface area contributed by atoms with E-state index in [-0.39, 0.29) is 23.5 Å². The minimum absolute atomic E-state index is 0.0325. The molecule has 0 bridgehead atoms. The molecule has 0 radical (unpaired) electrons. The number of carbonyl (C=O) groups is 1. The highest BCUT2D eigenvalue weighted by Crippen LogP contribution is 2.21. The molecule has 1 atom stereocenters. The molecule has 0 aliphatic carbocycles. The fraction of sp³-hybridized carbons (Fsp3) is 0.444. The van der Waals surface area contributed by atoms with Crippen molar-refractivity contribution in [3.8, 4) is 11.4 Å². The van der Waals surface area contributed by atoms with Crippen LogP contribution in [-0.2, 0) is 9.84 Å². The zero-order valence-electron chi connectivity index (χ0n) is 15.2. The lowest BCUT2D eigenvalue weighted by Crippen LogP contribution is -2.41. The minimum atomic E-state index is -3.05. The first-order valence-electron chi connectivity index (χ1n) is 8.57. The van der Waals surface area contributed by atoms with Gasteiger partial charge in [-0.2, -0.15) is 5.10 Å². The van der Waals surface area contributed by atoms with Crippen molar-refractivity contribution in [2.75, 3.05) is 25.2 Å². The minimum Gasteiger partial charge on any atom is -0.497 e. The van der Waals surface area contributed by atoms with Crippen LogP contribution in [0.1, 0.15) is 29.5 Å². The second kappa shape index (κ2) is 7.11. The van der Waals surface area contributed by atoms with E-state index in [2.05, 4.69) is 5.10 Å². The Morgan fingerprint density at radius 2 is 2.04 bits per heavy atom. The van der Waals surface area contributed by atoms with Crippen molar-refractivity contribution in [3.63, 3.8) is 0 Å². The Kier molecular flexibility index (Phi) is 5.04. The number of carbonyl (C=O) groups excluding carboxylic acids is 1. The number of benzene rings is 1. The lowest BCUT2D eigenvalue weighted by atomic mass is 10.2. The predicted octanol–water partition coefficient (Wildman–Crippen LogP) is 1.84. The third-order valence-electron chi connectivity index (χ3n) is 4.67. The van der Waals surface area contributed by atoms with Crippen molar-refractivity contribution < 1.29 is 17.9 Å². The van der Waals surface area contributed by atoms with Crippen LogP contribution in [0.5, 0.6) is 5.75 Å². The number of amides is 1. The summed E-state index contributed by atoms with van der Waals surface area (Å²) in [4.78, 5) is 14.5. The van der Waals surface area contributed by atoms with E-state index in [1.807, 2.05) is 38.1 Å². The predicted molar refractivity (Wildman–Crippen MR) is 98.6 cm³/mol. The van der Waals surface area contributed by atoms with E-state index in [0.29, 0.717) is 18.7 Å². The number of methoxy groups -OCH3 is 1. The third-order valence-corrected chi connectivity index (χ3v) is 6.42. The van der Waals surface area contributed by atoms with Gasteiger partial charge in [-0.25, -0.2) is 13.1 Å². The van der Waals surface area contributed by atoms with Gasteiger partial charge in [0.25, 0.3) is 5.91 Å². The van der Waals surface area contributed by atoms with Crippen LogP contribution in [0.2, 0.25) is 0 Å². The molecule has 140 valence electrons. The summed E-state index contributed by atoms with van der Waals surface area (Å²) in [5.74, 6) is 0.685. The molecule has 2 aromatic rings. The summed E-state index contributed by atoms with van der Waals surface area (Å²) in [6.45, 7) is 4.19. The molecule has 8 heteroatoms. The average Bonchev–Trinajstić information content (AvgIpc) is 3.18. The van der Waals surface area contributed by atoms with Crippen molar-refractivity contribution in [1.29, 1.82) is 0 Å². The number of sulfone groups is 1. The van der Waals surface area contributed by atoms with E-state index in [9.17, 15) is 13.2 Å². The molecule has 0 spiro atoms. The Balaban J connectivity index is 1.85. The van der Waals surface area contributed by atoms with E-state index < -0.39 is 9.84 Å². The quantitative estimate of drug-likeness (QED) is 0.794. The molecule has 1 aromatic heterocycles. The first-order chi connectivity index (χ1) is 12.3. The SMILES string of the molecule is CCN(C(=O)c1cc(C)n(-c2ccc(OC)cc2)n1)C1CCS(=O)(=O)C1. The first kappa shape index (κ1) is 18.4. The van der Waals surface area contributed by atoms with Crippen LogP contribution in [0.15, 0.2) is 30.3 Å². The zero-order valence-corrected chi connectivity index (χ0v) is 16.0. The molecule has 1 unspecified atom stereocenters. The normalized spacial score (nSPS) is 18.7. The Bertz CT molecular complexity index is 903. The molecule has 7 nitrogen and oxygen atoms in total. The molecule has 0 saturated carbocycles. The van der Waals surface area contributed by atoms with E-state index in [4.69, 9.17) is 4.74 Å². The summed E-state index contributed by atoms with van der Waals surface area (Å²) in [5, 5.41) is 4.45. The molecule has 1 aliphatic rings. The van der Waals surface area contributed by atoms with Crippen LogP contribution in [0.4, 0.5) is 0 Å². The third kappa shape index (κ3) is 3.60. The average molecular weight is 377 g/mol. The Morgan fingerprint density at radius 1 is 1.35 bits per heavy atom. The van der Waals surface area contributed by atoms with E-state index in [0.717, 1.165) is 17.1 Å². The van der Waals surface area contributed by atoms with Crippen LogP contribution >= 0.6 is 0 Å². The monoisotopic (exact) mass is 377 g/mol. The maximum Gasteiger partial charge on any atom is 0.274 e. The molecule has 1 fully saturated rings. The van der Waals surface area contributed by atoms with Gasteiger partial charge in [0.1, 0.15) is 5.75 Å². The molecule has 3 rings (SSSR count). The van der Waals surface area contributed by atoms with Gasteiger partial charge in [0.2, 0.25) is 0 Å². The Labute approximate surface area is 153 Å². The number of rotatable bonds is 5. The summed E-state index contributed by atoms with van der Waals surface area (Å²) < 4.78 is 30.4. The smallest absolute Gasteiger partial charge is 0.274 e. The van der Waals surface area contributed by atoms with Crippen LogP contribution in [0.3, 0.4) is 0 Å². The summed E-state index contributed by atoms with van der Waals surface area (Å²) in [6, 6.07) is 8.87. The van der Waals surface area contributed by atoms with Gasteiger partial charge in [0, 0.05) is 18.3 Å². The van der Waals surface area contributed by atoms with Crippen LogP contribution in [0, 0.1) is 6.92 Å². The van der Waals surface area contributed by atoms with Crippen molar-refractivity contribution >= 4 is 15.7 Å². The second-order valence-electron chi connectivity index (χ2n) is 6.43. The van der Waals surface area contributed by atoms with Gasteiger partial charge in [0.15, 0.2) is 15.5 Å².